The quantitative estimate of drug-likeness (QED) is 0.681. The molecular formula is C9H14N2O3S. The summed E-state index contributed by atoms with van der Waals surface area (Å²) in [6, 6.07) is 0. The smallest absolute Gasteiger partial charge is 0.203 e. The highest BCUT2D eigenvalue weighted by Gasteiger charge is 2.36. The van der Waals surface area contributed by atoms with Crippen molar-refractivity contribution < 1.29 is 13.5 Å². The zero-order valence-electron chi connectivity index (χ0n) is 8.26. The van der Waals surface area contributed by atoms with E-state index in [9.17, 15) is 4.21 Å². The molecule has 0 aromatic heterocycles. The maximum Gasteiger partial charge on any atom is 0.203 e. The Labute approximate surface area is 90.7 Å². The first-order chi connectivity index (χ1) is 7.18. The van der Waals surface area contributed by atoms with Crippen LogP contribution in [-0.4, -0.2) is 33.7 Å². The summed E-state index contributed by atoms with van der Waals surface area (Å²) in [6.45, 7) is 1.22. The second kappa shape index (κ2) is 4.42. The van der Waals surface area contributed by atoms with E-state index >= 15 is 0 Å². The highest BCUT2D eigenvalue weighted by Crippen LogP contribution is 2.36. The van der Waals surface area contributed by atoms with E-state index in [4.69, 9.17) is 15.0 Å². The monoisotopic (exact) mass is 230 g/mol. The van der Waals surface area contributed by atoms with Gasteiger partial charge in [-0.3, -0.25) is 4.99 Å². The minimum Gasteiger partial charge on any atom is -0.390 e. The Bertz CT molecular complexity index is 336. The van der Waals surface area contributed by atoms with E-state index in [1.165, 1.54) is 6.08 Å². The molecule has 0 radical (unpaired) electrons. The molecule has 1 fully saturated rings. The largest absolute Gasteiger partial charge is 0.390 e. The van der Waals surface area contributed by atoms with E-state index in [2.05, 4.69) is 4.99 Å². The molecule has 5 nitrogen and oxygen atoms in total. The minimum absolute atomic E-state index is 0.0270. The molecule has 0 aromatic rings. The van der Waals surface area contributed by atoms with Crippen molar-refractivity contribution in [3.8, 4) is 0 Å². The summed E-state index contributed by atoms with van der Waals surface area (Å²) in [5.74, 6) is 0.514. The third-order valence-corrected chi connectivity index (χ3v) is 3.04. The third kappa shape index (κ3) is 2.64. The Morgan fingerprint density at radius 2 is 2.40 bits per heavy atom. The van der Waals surface area contributed by atoms with Crippen LogP contribution < -0.4 is 5.73 Å². The van der Waals surface area contributed by atoms with Gasteiger partial charge in [0.2, 0.25) is 11.1 Å². The summed E-state index contributed by atoms with van der Waals surface area (Å²) < 4.78 is 25.0. The Kier molecular flexibility index (Phi) is 3.18. The lowest BCUT2D eigenvalue weighted by atomic mass is 10.1. The van der Waals surface area contributed by atoms with Crippen LogP contribution in [0.5, 0.6) is 0 Å². The number of aliphatic imine (C=N–C) groups is 1. The maximum absolute atomic E-state index is 10.7. The van der Waals surface area contributed by atoms with Gasteiger partial charge >= 0.3 is 0 Å². The zero-order chi connectivity index (χ0) is 10.8. The predicted octanol–water partition coefficient (Wildman–Crippen LogP) is 0.258. The first kappa shape index (κ1) is 10.8. The van der Waals surface area contributed by atoms with Crippen molar-refractivity contribution in [2.45, 2.75) is 18.9 Å². The van der Waals surface area contributed by atoms with Crippen LogP contribution in [0.2, 0.25) is 0 Å². The van der Waals surface area contributed by atoms with E-state index in [-0.39, 0.29) is 11.1 Å². The molecular weight excluding hydrogens is 216 g/mol. The summed E-state index contributed by atoms with van der Waals surface area (Å²) in [7, 11) is 0. The zero-order valence-corrected chi connectivity index (χ0v) is 9.07. The van der Waals surface area contributed by atoms with Crippen LogP contribution in [0.15, 0.2) is 16.1 Å². The van der Waals surface area contributed by atoms with Gasteiger partial charge in [-0.05, 0) is 24.8 Å². The van der Waals surface area contributed by atoms with Crippen molar-refractivity contribution >= 4 is 16.8 Å². The minimum atomic E-state index is -2.12. The summed E-state index contributed by atoms with van der Waals surface area (Å²) in [4.78, 5) is 4.28. The van der Waals surface area contributed by atoms with Gasteiger partial charge in [-0.1, -0.05) is 0 Å². The number of ether oxygens (including phenoxy) is 1. The van der Waals surface area contributed by atoms with Gasteiger partial charge in [-0.25, -0.2) is 4.21 Å². The van der Waals surface area contributed by atoms with Gasteiger partial charge in [0.05, 0.1) is 18.9 Å². The van der Waals surface area contributed by atoms with Crippen molar-refractivity contribution in [2.75, 3.05) is 13.2 Å². The molecule has 1 aliphatic carbocycles. The van der Waals surface area contributed by atoms with Crippen molar-refractivity contribution in [3.05, 3.63) is 11.1 Å². The van der Waals surface area contributed by atoms with Crippen LogP contribution >= 0.6 is 0 Å². The van der Waals surface area contributed by atoms with E-state index in [0.29, 0.717) is 24.8 Å². The topological polar surface area (TPSA) is 84.9 Å². The Hall–Kier alpha value is -0.720. The van der Waals surface area contributed by atoms with Gasteiger partial charge in [-0.2, -0.15) is 0 Å². The van der Waals surface area contributed by atoms with E-state index in [1.54, 1.807) is 0 Å². The second-order valence-corrected chi connectivity index (χ2v) is 4.70. The van der Waals surface area contributed by atoms with E-state index < -0.39 is 11.1 Å². The number of hydrogen-bond acceptors (Lipinski definition) is 4. The normalized spacial score (nSPS) is 29.8. The van der Waals surface area contributed by atoms with Crippen LogP contribution in [0.25, 0.3) is 0 Å². The third-order valence-electron chi connectivity index (χ3n) is 2.52. The van der Waals surface area contributed by atoms with E-state index in [1.807, 2.05) is 0 Å². The summed E-state index contributed by atoms with van der Waals surface area (Å²) in [6.07, 6.45) is 3.72. The molecule has 6 heteroatoms. The van der Waals surface area contributed by atoms with Gasteiger partial charge in [0.1, 0.15) is 11.1 Å². The molecule has 2 atom stereocenters. The highest BCUT2D eigenvalue weighted by atomic mass is 32.2. The summed E-state index contributed by atoms with van der Waals surface area (Å²) in [5, 5.41) is -0.0649. The lowest BCUT2D eigenvalue weighted by molar-refractivity contribution is 0.0817. The molecule has 1 saturated carbocycles. The molecule has 1 heterocycles. The Morgan fingerprint density at radius 1 is 1.67 bits per heavy atom. The van der Waals surface area contributed by atoms with Gasteiger partial charge in [-0.15, -0.1) is 0 Å². The van der Waals surface area contributed by atoms with Crippen molar-refractivity contribution in [3.63, 3.8) is 0 Å². The fourth-order valence-corrected chi connectivity index (χ4v) is 1.85. The lowest BCUT2D eigenvalue weighted by Gasteiger charge is -2.21. The molecule has 1 aliphatic heterocycles. The van der Waals surface area contributed by atoms with Crippen molar-refractivity contribution in [1.82, 2.24) is 0 Å². The van der Waals surface area contributed by atoms with Gasteiger partial charge in [0.15, 0.2) is 0 Å². The molecule has 15 heavy (non-hydrogen) atoms. The molecule has 2 aliphatic rings. The Balaban J connectivity index is 2.14. The van der Waals surface area contributed by atoms with Crippen LogP contribution in [0.1, 0.15) is 12.8 Å². The van der Waals surface area contributed by atoms with Crippen LogP contribution in [0.4, 0.5) is 0 Å². The van der Waals surface area contributed by atoms with E-state index in [0.717, 1.165) is 12.8 Å². The first-order valence-corrected chi connectivity index (χ1v) is 6.03. The molecule has 0 spiro atoms. The summed E-state index contributed by atoms with van der Waals surface area (Å²) >= 11 is -2.12. The standard InChI is InChI=1S/C9H14N2O3S/c10-8(15(12)13)5-7-9(6-1-2-6)14-4-3-11-7/h5-6,9H,1-4,10H2,(H,12,13)/t9-/m1/s1. The van der Waals surface area contributed by atoms with Gasteiger partial charge in [0.25, 0.3) is 0 Å². The van der Waals surface area contributed by atoms with Crippen LogP contribution in [0.3, 0.4) is 0 Å². The van der Waals surface area contributed by atoms with Crippen molar-refractivity contribution in [2.24, 2.45) is 16.6 Å². The molecule has 2 rings (SSSR count). The number of nitrogens with two attached hydrogens (primary N) is 1. The second-order valence-electron chi connectivity index (χ2n) is 3.73. The van der Waals surface area contributed by atoms with Gasteiger partial charge in [0, 0.05) is 0 Å². The molecule has 84 valence electrons. The maximum atomic E-state index is 10.7. The number of nitrogens with zero attached hydrogens (tertiary/aromatic N) is 1. The average Bonchev–Trinajstić information content (AvgIpc) is 3.02. The van der Waals surface area contributed by atoms with Crippen LogP contribution in [0, 0.1) is 5.92 Å². The fraction of sp³-hybridized carbons (Fsp3) is 0.667. The molecule has 3 N–H and O–H groups in total. The molecule has 1 unspecified atom stereocenters. The molecule has 0 bridgehead atoms. The number of rotatable bonds is 3. The highest BCUT2D eigenvalue weighted by molar-refractivity contribution is 7.83. The molecule has 0 amide bonds. The number of hydrogen-bond donors (Lipinski definition) is 2. The molecule has 0 aromatic carbocycles. The van der Waals surface area contributed by atoms with Crippen molar-refractivity contribution in [1.29, 1.82) is 0 Å². The predicted molar refractivity (Wildman–Crippen MR) is 57.8 cm³/mol. The molecule has 0 saturated heterocycles. The lowest BCUT2D eigenvalue weighted by Crippen LogP contribution is -2.31. The van der Waals surface area contributed by atoms with Gasteiger partial charge < -0.3 is 15.0 Å². The van der Waals surface area contributed by atoms with Crippen LogP contribution in [-0.2, 0) is 15.8 Å². The Morgan fingerprint density at radius 3 is 3.00 bits per heavy atom. The average molecular weight is 230 g/mol. The fourth-order valence-electron chi connectivity index (χ4n) is 1.63. The summed E-state index contributed by atoms with van der Waals surface area (Å²) in [5.41, 5.74) is 6.12. The first-order valence-electron chi connectivity index (χ1n) is 4.92. The SMILES string of the molecule is NC(=CC1=NCCO[C@@H]1C1CC1)S(=O)O.